The molecule has 0 atom stereocenters. The minimum absolute atomic E-state index is 0.687. The second-order valence-electron chi connectivity index (χ2n) is 6.32. The second kappa shape index (κ2) is 8.64. The van der Waals surface area contributed by atoms with E-state index in [1.807, 2.05) is 0 Å². The van der Waals surface area contributed by atoms with Crippen LogP contribution in [-0.4, -0.2) is 25.1 Å². The lowest BCUT2D eigenvalue weighted by atomic mass is 10.1. The van der Waals surface area contributed by atoms with E-state index in [-0.39, 0.29) is 0 Å². The van der Waals surface area contributed by atoms with Crippen molar-refractivity contribution in [2.24, 2.45) is 5.92 Å². The molecule has 0 amide bonds. The third-order valence-corrected chi connectivity index (χ3v) is 3.99. The minimum atomic E-state index is 0.687. The molecule has 3 heteroatoms. The molecule has 0 aliphatic carbocycles. The van der Waals surface area contributed by atoms with Gasteiger partial charge in [-0.25, -0.2) is 0 Å². The molecule has 0 radical (unpaired) electrons. The number of rotatable bonds is 9. The predicted molar refractivity (Wildman–Crippen MR) is 93.3 cm³/mol. The summed E-state index contributed by atoms with van der Waals surface area (Å²) < 4.78 is 10.8. The molecule has 2 rings (SSSR count). The van der Waals surface area contributed by atoms with Gasteiger partial charge in [-0.2, -0.15) is 0 Å². The lowest BCUT2D eigenvalue weighted by molar-refractivity contribution is 0.223. The molecule has 0 fully saturated rings. The molecule has 0 saturated carbocycles. The first-order valence-electron chi connectivity index (χ1n) is 8.36. The van der Waals surface area contributed by atoms with Crippen LogP contribution in [0.1, 0.15) is 38.3 Å². The summed E-state index contributed by atoms with van der Waals surface area (Å²) in [5.41, 5.74) is 8.45. The summed E-state index contributed by atoms with van der Waals surface area (Å²) in [4.78, 5) is 2.41. The molecule has 0 bridgehead atoms. The van der Waals surface area contributed by atoms with Crippen LogP contribution in [0.5, 0.6) is 5.75 Å². The maximum absolute atomic E-state index is 5.42. The standard InChI is InChI=1S/C20H27NO2/c1-5-18-13-17(8-9-20(18)22-4)14-21(11-10-16(2)3)15-19-7-6-12-23-19/h8-9,12-13,16H,5,10-11,14-15H2,1-4H3. The molecule has 0 saturated heterocycles. The molecule has 23 heavy (non-hydrogen) atoms. The van der Waals surface area contributed by atoms with Gasteiger partial charge in [-0.1, -0.05) is 32.9 Å². The van der Waals surface area contributed by atoms with Crippen LogP contribution in [0.2, 0.25) is 0 Å². The molecular weight excluding hydrogens is 286 g/mol. The normalized spacial score (nSPS) is 12.9. The van der Waals surface area contributed by atoms with Crippen molar-refractivity contribution >= 4 is 0 Å². The van der Waals surface area contributed by atoms with Crippen molar-refractivity contribution in [3.05, 3.63) is 52.8 Å². The van der Waals surface area contributed by atoms with E-state index in [0.29, 0.717) is 5.92 Å². The topological polar surface area (TPSA) is 21.7 Å². The summed E-state index contributed by atoms with van der Waals surface area (Å²) in [5, 5.41) is 0. The predicted octanol–water partition coefficient (Wildman–Crippen LogP) is 4.29. The summed E-state index contributed by atoms with van der Waals surface area (Å²) in [6, 6.07) is 6.47. The van der Waals surface area contributed by atoms with Crippen molar-refractivity contribution in [3.63, 3.8) is 0 Å². The van der Waals surface area contributed by atoms with Gasteiger partial charge in [-0.3, -0.25) is 4.90 Å². The second-order valence-corrected chi connectivity index (χ2v) is 6.32. The number of hydrogen-bond acceptors (Lipinski definition) is 3. The third kappa shape index (κ3) is 5.33. The van der Waals surface area contributed by atoms with Crippen molar-refractivity contribution in [2.45, 2.75) is 40.2 Å². The molecule has 0 unspecified atom stereocenters. The van der Waals surface area contributed by atoms with Crippen LogP contribution in [0.15, 0.2) is 41.7 Å². The average molecular weight is 313 g/mol. The number of hydrogen-bond donors (Lipinski definition) is 0. The van der Waals surface area contributed by atoms with Crippen LogP contribution in [0.4, 0.5) is 0 Å². The van der Waals surface area contributed by atoms with E-state index in [1.54, 1.807) is 13.4 Å². The molecule has 0 aromatic heterocycles. The van der Waals surface area contributed by atoms with Gasteiger partial charge in [0.1, 0.15) is 12.0 Å². The maximum atomic E-state index is 5.42. The fourth-order valence-corrected chi connectivity index (χ4v) is 2.64. The number of methoxy groups -OCH3 is 1. The van der Waals surface area contributed by atoms with Gasteiger partial charge in [0, 0.05) is 6.54 Å². The molecule has 0 spiro atoms. The van der Waals surface area contributed by atoms with Gasteiger partial charge in [0.05, 0.1) is 13.7 Å². The van der Waals surface area contributed by atoms with E-state index in [4.69, 9.17) is 9.47 Å². The number of aryl methyl sites for hydroxylation is 1. The summed E-state index contributed by atoms with van der Waals surface area (Å²) >= 11 is 0. The first-order valence-corrected chi connectivity index (χ1v) is 8.36. The zero-order chi connectivity index (χ0) is 16.7. The zero-order valence-corrected chi connectivity index (χ0v) is 14.7. The van der Waals surface area contributed by atoms with Crippen LogP contribution in [-0.2, 0) is 17.7 Å². The van der Waals surface area contributed by atoms with Crippen LogP contribution in [0, 0.1) is 5.92 Å². The summed E-state index contributed by atoms with van der Waals surface area (Å²) in [5.74, 6) is 2.50. The van der Waals surface area contributed by atoms with Gasteiger partial charge < -0.3 is 9.47 Å². The molecule has 1 aliphatic rings. The van der Waals surface area contributed by atoms with Gasteiger partial charge in [-0.15, -0.1) is 0 Å². The van der Waals surface area contributed by atoms with Crippen molar-refractivity contribution in [1.29, 1.82) is 0 Å². The third-order valence-electron chi connectivity index (χ3n) is 3.99. The molecule has 1 aromatic carbocycles. The fraction of sp³-hybridized carbons (Fsp3) is 0.500. The van der Waals surface area contributed by atoms with Gasteiger partial charge in [0.2, 0.25) is 0 Å². The highest BCUT2D eigenvalue weighted by Gasteiger charge is 2.12. The number of benzene rings is 1. The van der Waals surface area contributed by atoms with Crippen molar-refractivity contribution < 1.29 is 9.47 Å². The van der Waals surface area contributed by atoms with Crippen LogP contribution in [0.3, 0.4) is 0 Å². The Balaban J connectivity index is 2.09. The largest absolute Gasteiger partial charge is 0.496 e. The summed E-state index contributed by atoms with van der Waals surface area (Å²) in [7, 11) is 1.73. The zero-order valence-electron chi connectivity index (χ0n) is 14.7. The molecule has 3 nitrogen and oxygen atoms in total. The monoisotopic (exact) mass is 313 g/mol. The lowest BCUT2D eigenvalue weighted by Crippen LogP contribution is -2.27. The SMILES string of the molecule is CCc1cc(CN(CCC(C)C)CC2=C=C=CO2)ccc1OC. The highest BCUT2D eigenvalue weighted by Crippen LogP contribution is 2.22. The minimum Gasteiger partial charge on any atom is -0.496 e. The molecule has 1 heterocycles. The highest BCUT2D eigenvalue weighted by molar-refractivity contribution is 5.37. The van der Waals surface area contributed by atoms with E-state index >= 15 is 0 Å². The first-order chi connectivity index (χ1) is 11.1. The maximum Gasteiger partial charge on any atom is 0.168 e. The Morgan fingerprint density at radius 1 is 1.26 bits per heavy atom. The Morgan fingerprint density at radius 3 is 2.70 bits per heavy atom. The van der Waals surface area contributed by atoms with E-state index in [9.17, 15) is 0 Å². The van der Waals surface area contributed by atoms with Crippen LogP contribution < -0.4 is 4.74 Å². The molecule has 0 N–H and O–H groups in total. The van der Waals surface area contributed by atoms with Gasteiger partial charge >= 0.3 is 0 Å². The number of ether oxygens (including phenoxy) is 2. The Labute approximate surface area is 139 Å². The van der Waals surface area contributed by atoms with E-state index in [0.717, 1.165) is 37.6 Å². The molecular formula is C20H27NO2. The Kier molecular flexibility index (Phi) is 6.55. The van der Waals surface area contributed by atoms with E-state index < -0.39 is 0 Å². The Bertz CT molecular complexity index is 621. The molecule has 1 aliphatic heterocycles. The summed E-state index contributed by atoms with van der Waals surface area (Å²) in [6.45, 7) is 9.38. The Hall–Kier alpha value is -1.92. The van der Waals surface area contributed by atoms with Gasteiger partial charge in [0.15, 0.2) is 5.76 Å². The summed E-state index contributed by atoms with van der Waals surface area (Å²) in [6.07, 6.45) is 3.71. The van der Waals surface area contributed by atoms with Gasteiger partial charge in [0.25, 0.3) is 0 Å². The smallest absolute Gasteiger partial charge is 0.168 e. The van der Waals surface area contributed by atoms with Crippen molar-refractivity contribution in [2.75, 3.05) is 20.2 Å². The van der Waals surface area contributed by atoms with Crippen LogP contribution >= 0.6 is 0 Å². The lowest BCUT2D eigenvalue weighted by Gasteiger charge is -2.23. The quantitative estimate of drug-likeness (QED) is 0.635. The fourth-order valence-electron chi connectivity index (χ4n) is 2.64. The van der Waals surface area contributed by atoms with E-state index in [2.05, 4.69) is 55.3 Å². The van der Waals surface area contributed by atoms with Crippen molar-refractivity contribution in [3.8, 4) is 5.75 Å². The average Bonchev–Trinajstić information content (AvgIpc) is 3.05. The molecule has 124 valence electrons. The molecule has 1 aromatic rings. The first kappa shape index (κ1) is 17.4. The number of nitrogens with zero attached hydrogens (tertiary/aromatic N) is 1. The van der Waals surface area contributed by atoms with Crippen LogP contribution in [0.25, 0.3) is 0 Å². The van der Waals surface area contributed by atoms with E-state index in [1.165, 1.54) is 17.5 Å². The van der Waals surface area contributed by atoms with Gasteiger partial charge in [-0.05, 0) is 54.0 Å². The highest BCUT2D eigenvalue weighted by atomic mass is 16.5. The Morgan fingerprint density at radius 2 is 2.09 bits per heavy atom. The van der Waals surface area contributed by atoms with Crippen molar-refractivity contribution in [1.82, 2.24) is 4.90 Å².